The maximum atomic E-state index is 12.3. The molecule has 1 N–H and O–H groups in total. The predicted molar refractivity (Wildman–Crippen MR) is 73.6 cm³/mol. The minimum atomic E-state index is -0.715. The molecule has 0 aromatic carbocycles. The number of amides is 1. The molecule has 0 spiro atoms. The number of carbonyl (C=O) groups excluding carboxylic acids is 1. The van der Waals surface area contributed by atoms with Gasteiger partial charge >= 0.3 is 0 Å². The molecule has 1 fully saturated rings. The van der Waals surface area contributed by atoms with Gasteiger partial charge in [0, 0.05) is 26.2 Å². The van der Waals surface area contributed by atoms with Gasteiger partial charge in [0.05, 0.1) is 0 Å². The molecule has 0 radical (unpaired) electrons. The lowest BCUT2D eigenvalue weighted by Crippen LogP contribution is -2.50. The number of hydrogen-bond acceptors (Lipinski definition) is 3. The number of hydrogen-bond donors (Lipinski definition) is 1. The first-order valence-electron chi connectivity index (χ1n) is 6.98. The van der Waals surface area contributed by atoms with Crippen LogP contribution < -0.4 is 5.32 Å². The van der Waals surface area contributed by atoms with Crippen LogP contribution in [0.25, 0.3) is 0 Å². The van der Waals surface area contributed by atoms with Crippen LogP contribution in [0.15, 0.2) is 0 Å². The van der Waals surface area contributed by atoms with E-state index in [1.54, 1.807) is 7.11 Å². The first kappa shape index (κ1) is 15.4. The third-order valence-corrected chi connectivity index (χ3v) is 4.08. The normalized spacial score (nSPS) is 24.9. The van der Waals surface area contributed by atoms with Crippen molar-refractivity contribution in [3.8, 4) is 0 Å². The van der Waals surface area contributed by atoms with E-state index in [0.29, 0.717) is 12.1 Å². The summed E-state index contributed by atoms with van der Waals surface area (Å²) in [5.41, 5.74) is -0.715. The Balaban J connectivity index is 2.49. The van der Waals surface area contributed by atoms with E-state index in [9.17, 15) is 4.79 Å². The Kier molecular flexibility index (Phi) is 5.60. The van der Waals surface area contributed by atoms with Crippen LogP contribution >= 0.6 is 0 Å². The first-order valence-corrected chi connectivity index (χ1v) is 6.98. The zero-order valence-corrected chi connectivity index (χ0v) is 12.5. The molecule has 1 saturated carbocycles. The number of carbonyl (C=O) groups is 1. The lowest BCUT2D eigenvalue weighted by molar-refractivity contribution is -0.152. The molecule has 18 heavy (non-hydrogen) atoms. The average molecular weight is 256 g/mol. The van der Waals surface area contributed by atoms with E-state index in [4.69, 9.17) is 4.74 Å². The zero-order chi connectivity index (χ0) is 13.8. The van der Waals surface area contributed by atoms with Gasteiger partial charge in [0.15, 0.2) is 0 Å². The monoisotopic (exact) mass is 256 g/mol. The minimum absolute atomic E-state index is 0.0805. The third-order valence-electron chi connectivity index (χ3n) is 4.08. The van der Waals surface area contributed by atoms with Crippen molar-refractivity contribution in [3.63, 3.8) is 0 Å². The van der Waals surface area contributed by atoms with Crippen molar-refractivity contribution in [1.29, 1.82) is 0 Å². The molecule has 4 nitrogen and oxygen atoms in total. The van der Waals surface area contributed by atoms with Crippen molar-refractivity contribution in [2.24, 2.45) is 0 Å². The minimum Gasteiger partial charge on any atom is -0.369 e. The van der Waals surface area contributed by atoms with Crippen LogP contribution in [-0.4, -0.2) is 49.2 Å². The molecule has 1 aliphatic carbocycles. The van der Waals surface area contributed by atoms with Gasteiger partial charge in [-0.1, -0.05) is 6.92 Å². The van der Waals surface area contributed by atoms with Crippen LogP contribution in [0, 0.1) is 0 Å². The molecule has 0 bridgehead atoms. The highest BCUT2D eigenvalue weighted by atomic mass is 16.5. The highest BCUT2D eigenvalue weighted by molar-refractivity contribution is 5.84. The summed E-state index contributed by atoms with van der Waals surface area (Å²) >= 11 is 0. The third kappa shape index (κ3) is 3.69. The van der Waals surface area contributed by atoms with E-state index in [2.05, 4.69) is 12.2 Å². The van der Waals surface area contributed by atoms with Crippen LogP contribution in [0.1, 0.15) is 46.5 Å². The van der Waals surface area contributed by atoms with Gasteiger partial charge in [-0.05, 0) is 46.1 Å². The summed E-state index contributed by atoms with van der Waals surface area (Å²) in [4.78, 5) is 14.2. The van der Waals surface area contributed by atoms with Crippen LogP contribution in [0.2, 0.25) is 0 Å². The van der Waals surface area contributed by atoms with E-state index in [1.807, 2.05) is 25.8 Å². The fourth-order valence-electron chi connectivity index (χ4n) is 2.63. The number of nitrogens with one attached hydrogen (secondary N) is 1. The van der Waals surface area contributed by atoms with Gasteiger partial charge in [-0.25, -0.2) is 0 Å². The van der Waals surface area contributed by atoms with Gasteiger partial charge < -0.3 is 15.0 Å². The van der Waals surface area contributed by atoms with Crippen molar-refractivity contribution in [1.82, 2.24) is 10.2 Å². The van der Waals surface area contributed by atoms with Gasteiger partial charge in [0.1, 0.15) is 5.60 Å². The molecule has 4 heteroatoms. The van der Waals surface area contributed by atoms with Crippen LogP contribution in [0.3, 0.4) is 0 Å². The maximum absolute atomic E-state index is 12.3. The second-order valence-electron chi connectivity index (χ2n) is 5.69. The SMILES string of the molecule is CCNC1CCC(N(C)C(=O)C(C)(C)OC)CC1. The summed E-state index contributed by atoms with van der Waals surface area (Å²) < 4.78 is 5.27. The van der Waals surface area contributed by atoms with Crippen LogP contribution in [0.4, 0.5) is 0 Å². The Bertz CT molecular complexity index is 271. The Morgan fingerprint density at radius 2 is 1.89 bits per heavy atom. The van der Waals surface area contributed by atoms with Gasteiger partial charge in [-0.3, -0.25) is 4.79 Å². The molecular formula is C14H28N2O2. The van der Waals surface area contributed by atoms with Crippen LogP contribution in [0.5, 0.6) is 0 Å². The Morgan fingerprint density at radius 3 is 2.33 bits per heavy atom. The van der Waals surface area contributed by atoms with Crippen LogP contribution in [-0.2, 0) is 9.53 Å². The van der Waals surface area contributed by atoms with Gasteiger partial charge in [0.2, 0.25) is 0 Å². The smallest absolute Gasteiger partial charge is 0.254 e. The Hall–Kier alpha value is -0.610. The molecule has 0 atom stereocenters. The fourth-order valence-corrected chi connectivity index (χ4v) is 2.63. The largest absolute Gasteiger partial charge is 0.369 e. The van der Waals surface area contributed by atoms with Crippen molar-refractivity contribution < 1.29 is 9.53 Å². The number of methoxy groups -OCH3 is 1. The van der Waals surface area contributed by atoms with E-state index in [1.165, 1.54) is 0 Å². The zero-order valence-electron chi connectivity index (χ0n) is 12.5. The molecule has 0 aliphatic heterocycles. The quantitative estimate of drug-likeness (QED) is 0.815. The summed E-state index contributed by atoms with van der Waals surface area (Å²) in [6, 6.07) is 0.993. The molecule has 0 saturated heterocycles. The van der Waals surface area contributed by atoms with E-state index in [-0.39, 0.29) is 5.91 Å². The first-order chi connectivity index (χ1) is 8.42. The summed E-state index contributed by atoms with van der Waals surface area (Å²) in [5, 5.41) is 3.49. The summed E-state index contributed by atoms with van der Waals surface area (Å²) in [7, 11) is 3.50. The molecule has 0 aromatic heterocycles. The lowest BCUT2D eigenvalue weighted by atomic mass is 9.89. The maximum Gasteiger partial charge on any atom is 0.254 e. The molecule has 1 aliphatic rings. The molecule has 1 rings (SSSR count). The van der Waals surface area contributed by atoms with Gasteiger partial charge in [-0.2, -0.15) is 0 Å². The number of nitrogens with zero attached hydrogens (tertiary/aromatic N) is 1. The second-order valence-corrected chi connectivity index (χ2v) is 5.69. The van der Waals surface area contributed by atoms with Crippen molar-refractivity contribution in [2.45, 2.75) is 64.1 Å². The molecule has 0 unspecified atom stereocenters. The summed E-state index contributed by atoms with van der Waals surface area (Å²) in [6.07, 6.45) is 4.48. The Morgan fingerprint density at radius 1 is 1.33 bits per heavy atom. The number of rotatable bonds is 5. The number of ether oxygens (including phenoxy) is 1. The summed E-state index contributed by atoms with van der Waals surface area (Å²) in [5.74, 6) is 0.0805. The Labute approximate surface area is 111 Å². The predicted octanol–water partition coefficient (Wildman–Crippen LogP) is 1.79. The van der Waals surface area contributed by atoms with E-state index >= 15 is 0 Å². The molecule has 1 amide bonds. The lowest BCUT2D eigenvalue weighted by Gasteiger charge is -2.38. The molecular weight excluding hydrogens is 228 g/mol. The topological polar surface area (TPSA) is 41.6 Å². The van der Waals surface area contributed by atoms with Crippen molar-refractivity contribution in [3.05, 3.63) is 0 Å². The fraction of sp³-hybridized carbons (Fsp3) is 0.929. The highest BCUT2D eigenvalue weighted by Crippen LogP contribution is 2.24. The van der Waals surface area contributed by atoms with E-state index < -0.39 is 5.60 Å². The van der Waals surface area contributed by atoms with Crippen molar-refractivity contribution in [2.75, 3.05) is 20.7 Å². The molecule has 106 valence electrons. The standard InChI is InChI=1S/C14H28N2O2/c1-6-15-11-7-9-12(10-8-11)16(4)13(17)14(2,3)18-5/h11-12,15H,6-10H2,1-5H3. The summed E-state index contributed by atoms with van der Waals surface area (Å²) in [6.45, 7) is 6.83. The average Bonchev–Trinajstić information content (AvgIpc) is 2.38. The van der Waals surface area contributed by atoms with Crippen molar-refractivity contribution >= 4 is 5.91 Å². The number of likely N-dealkylation sites (N-methyl/N-ethyl adjacent to an activating group) is 1. The van der Waals surface area contributed by atoms with Gasteiger partial charge in [-0.15, -0.1) is 0 Å². The van der Waals surface area contributed by atoms with E-state index in [0.717, 1.165) is 32.2 Å². The molecule has 0 aromatic rings. The van der Waals surface area contributed by atoms with Gasteiger partial charge in [0.25, 0.3) is 5.91 Å². The molecule has 0 heterocycles. The second kappa shape index (κ2) is 6.53. The highest BCUT2D eigenvalue weighted by Gasteiger charge is 2.34.